The highest BCUT2D eigenvalue weighted by molar-refractivity contribution is 6.39. The largest absolute Gasteiger partial charge is 0.480 e. The molecular weight excluding hydrogens is 529 g/mol. The van der Waals surface area contributed by atoms with Crippen molar-refractivity contribution in [2.24, 2.45) is 5.92 Å². The number of aliphatic hydroxyl groups is 1. The molecular formula is C25H28Cl3N3O5. The topological polar surface area (TPSA) is 128 Å². The van der Waals surface area contributed by atoms with E-state index in [0.29, 0.717) is 41.8 Å². The van der Waals surface area contributed by atoms with Gasteiger partial charge in [-0.05, 0) is 74.2 Å². The van der Waals surface area contributed by atoms with E-state index in [2.05, 4.69) is 16.0 Å². The van der Waals surface area contributed by atoms with Crippen molar-refractivity contribution in [3.05, 3.63) is 68.2 Å². The molecule has 1 fully saturated rings. The number of rotatable bonds is 10. The molecule has 2 aromatic carbocycles. The molecule has 0 aliphatic carbocycles. The number of carbonyl (C=O) groups excluding carboxylic acids is 2. The van der Waals surface area contributed by atoms with E-state index < -0.39 is 24.0 Å². The van der Waals surface area contributed by atoms with Crippen LogP contribution in [0.5, 0.6) is 0 Å². The molecule has 0 aromatic heterocycles. The second-order valence-electron chi connectivity index (χ2n) is 8.68. The highest BCUT2D eigenvalue weighted by atomic mass is 35.5. The SMILES string of the molecule is O=C(NC(CNC(=O)C1CCNCC1)C(=O)O)c1c(Cl)cc(CCC(O)c2cccc(Cl)c2)cc1Cl. The number of benzene rings is 2. The van der Waals surface area contributed by atoms with Gasteiger partial charge >= 0.3 is 5.97 Å². The predicted molar refractivity (Wildman–Crippen MR) is 139 cm³/mol. The summed E-state index contributed by atoms with van der Waals surface area (Å²) in [6.45, 7) is 1.19. The number of aliphatic carboxylic acids is 1. The van der Waals surface area contributed by atoms with E-state index in [0.717, 1.165) is 13.1 Å². The average Bonchev–Trinajstić information content (AvgIpc) is 2.84. The Morgan fingerprint density at radius 2 is 1.72 bits per heavy atom. The molecule has 194 valence electrons. The van der Waals surface area contributed by atoms with Crippen molar-refractivity contribution in [1.29, 1.82) is 0 Å². The van der Waals surface area contributed by atoms with Gasteiger partial charge in [-0.3, -0.25) is 9.59 Å². The fraction of sp³-hybridized carbons (Fsp3) is 0.400. The second kappa shape index (κ2) is 13.3. The maximum Gasteiger partial charge on any atom is 0.328 e. The van der Waals surface area contributed by atoms with Crippen LogP contribution in [-0.2, 0) is 16.0 Å². The Kier molecular flexibility index (Phi) is 10.4. The molecule has 1 saturated heterocycles. The number of aliphatic hydroxyl groups excluding tert-OH is 1. The van der Waals surface area contributed by atoms with Gasteiger partial charge in [0, 0.05) is 17.5 Å². The highest BCUT2D eigenvalue weighted by Crippen LogP contribution is 2.29. The molecule has 3 rings (SSSR count). The Labute approximate surface area is 224 Å². The zero-order valence-corrected chi connectivity index (χ0v) is 21.7. The first-order valence-corrected chi connectivity index (χ1v) is 12.7. The van der Waals surface area contributed by atoms with Crippen LogP contribution in [0.4, 0.5) is 0 Å². The van der Waals surface area contributed by atoms with E-state index in [9.17, 15) is 24.6 Å². The number of carboxylic acid groups (broad SMARTS) is 1. The zero-order chi connectivity index (χ0) is 26.2. The lowest BCUT2D eigenvalue weighted by molar-refractivity contribution is -0.139. The van der Waals surface area contributed by atoms with Crippen LogP contribution >= 0.6 is 34.8 Å². The lowest BCUT2D eigenvalue weighted by atomic mass is 9.97. The lowest BCUT2D eigenvalue weighted by Gasteiger charge is -2.23. The number of nitrogens with one attached hydrogen (secondary N) is 3. The van der Waals surface area contributed by atoms with Crippen molar-refractivity contribution in [2.45, 2.75) is 37.8 Å². The van der Waals surface area contributed by atoms with E-state index >= 15 is 0 Å². The number of carboxylic acids is 1. The second-order valence-corrected chi connectivity index (χ2v) is 9.93. The van der Waals surface area contributed by atoms with Gasteiger partial charge in [-0.2, -0.15) is 0 Å². The van der Waals surface area contributed by atoms with Crippen molar-refractivity contribution >= 4 is 52.6 Å². The van der Waals surface area contributed by atoms with E-state index in [1.807, 2.05) is 0 Å². The quantitative estimate of drug-likeness (QED) is 0.304. The normalized spacial score (nSPS) is 15.7. The van der Waals surface area contributed by atoms with Gasteiger partial charge < -0.3 is 26.2 Å². The minimum Gasteiger partial charge on any atom is -0.480 e. The summed E-state index contributed by atoms with van der Waals surface area (Å²) in [6.07, 6.45) is 1.39. The summed E-state index contributed by atoms with van der Waals surface area (Å²) in [5.41, 5.74) is 1.32. The van der Waals surface area contributed by atoms with Gasteiger partial charge in [0.2, 0.25) is 5.91 Å². The predicted octanol–water partition coefficient (Wildman–Crippen LogP) is 3.61. The van der Waals surface area contributed by atoms with Crippen molar-refractivity contribution in [1.82, 2.24) is 16.0 Å². The van der Waals surface area contributed by atoms with Crippen molar-refractivity contribution in [2.75, 3.05) is 19.6 Å². The first-order valence-electron chi connectivity index (χ1n) is 11.6. The molecule has 2 aromatic rings. The van der Waals surface area contributed by atoms with Gasteiger partial charge in [0.15, 0.2) is 0 Å². The smallest absolute Gasteiger partial charge is 0.328 e. The number of hydrogen-bond donors (Lipinski definition) is 5. The summed E-state index contributed by atoms with van der Waals surface area (Å²) in [6, 6.07) is 8.70. The Morgan fingerprint density at radius 1 is 1.06 bits per heavy atom. The summed E-state index contributed by atoms with van der Waals surface area (Å²) in [4.78, 5) is 36.8. The van der Waals surface area contributed by atoms with Crippen LogP contribution in [0.1, 0.15) is 46.9 Å². The average molecular weight is 557 g/mol. The third-order valence-electron chi connectivity index (χ3n) is 6.06. The first-order chi connectivity index (χ1) is 17.2. The van der Waals surface area contributed by atoms with Crippen LogP contribution < -0.4 is 16.0 Å². The number of halogens is 3. The molecule has 36 heavy (non-hydrogen) atoms. The Balaban J connectivity index is 1.61. The Bertz CT molecular complexity index is 1090. The van der Waals surface area contributed by atoms with Gasteiger partial charge in [-0.1, -0.05) is 46.9 Å². The number of piperidine rings is 1. The molecule has 0 saturated carbocycles. The standard InChI is InChI=1S/C25H28Cl3N3O5/c26-17-3-1-2-16(12-17)21(32)5-4-14-10-18(27)22(19(28)11-14)24(34)31-20(25(35)36)13-30-23(33)15-6-8-29-9-7-15/h1-3,10-12,15,20-21,29,32H,4-9,13H2,(H,30,33)(H,31,34)(H,35,36). The van der Waals surface area contributed by atoms with Gasteiger partial charge in [0.05, 0.1) is 21.7 Å². The molecule has 11 heteroatoms. The molecule has 1 heterocycles. The van der Waals surface area contributed by atoms with E-state index in [-0.39, 0.29) is 34.0 Å². The maximum absolute atomic E-state index is 12.8. The lowest BCUT2D eigenvalue weighted by Crippen LogP contribution is -2.50. The van der Waals surface area contributed by atoms with Crippen LogP contribution in [0.2, 0.25) is 15.1 Å². The summed E-state index contributed by atoms with van der Waals surface area (Å²) in [7, 11) is 0. The van der Waals surface area contributed by atoms with Crippen molar-refractivity contribution in [3.8, 4) is 0 Å². The Hall–Kier alpha value is -2.36. The third kappa shape index (κ3) is 7.82. The highest BCUT2D eigenvalue weighted by Gasteiger charge is 2.27. The van der Waals surface area contributed by atoms with E-state index in [4.69, 9.17) is 34.8 Å². The summed E-state index contributed by atoms with van der Waals surface area (Å²) in [5.74, 6) is -2.49. The fourth-order valence-electron chi connectivity index (χ4n) is 4.03. The summed E-state index contributed by atoms with van der Waals surface area (Å²) >= 11 is 18.6. The first kappa shape index (κ1) is 28.2. The molecule has 2 atom stereocenters. The molecule has 0 bridgehead atoms. The van der Waals surface area contributed by atoms with Gasteiger partial charge in [-0.25, -0.2) is 4.79 Å². The maximum atomic E-state index is 12.8. The Morgan fingerprint density at radius 3 is 2.33 bits per heavy atom. The van der Waals surface area contributed by atoms with E-state index in [1.165, 1.54) is 0 Å². The molecule has 0 radical (unpaired) electrons. The fourth-order valence-corrected chi connectivity index (χ4v) is 4.94. The molecule has 1 aliphatic rings. The molecule has 1 aliphatic heterocycles. The van der Waals surface area contributed by atoms with Gasteiger partial charge in [0.25, 0.3) is 5.91 Å². The van der Waals surface area contributed by atoms with Crippen LogP contribution in [-0.4, -0.2) is 53.7 Å². The molecule has 8 nitrogen and oxygen atoms in total. The number of carbonyl (C=O) groups is 3. The number of amides is 2. The summed E-state index contributed by atoms with van der Waals surface area (Å²) < 4.78 is 0. The number of hydrogen-bond acceptors (Lipinski definition) is 5. The van der Waals surface area contributed by atoms with Crippen molar-refractivity contribution < 1.29 is 24.6 Å². The molecule has 2 unspecified atom stereocenters. The minimum atomic E-state index is -1.36. The van der Waals surface area contributed by atoms with Crippen molar-refractivity contribution in [3.63, 3.8) is 0 Å². The van der Waals surface area contributed by atoms with Gasteiger partial charge in [0.1, 0.15) is 6.04 Å². The number of aryl methyl sites for hydroxylation is 1. The van der Waals surface area contributed by atoms with E-state index in [1.54, 1.807) is 36.4 Å². The third-order valence-corrected chi connectivity index (χ3v) is 6.89. The molecule has 5 N–H and O–H groups in total. The van der Waals surface area contributed by atoms with Gasteiger partial charge in [-0.15, -0.1) is 0 Å². The minimum absolute atomic E-state index is 0.0510. The van der Waals surface area contributed by atoms with Crippen LogP contribution in [0, 0.1) is 5.92 Å². The zero-order valence-electron chi connectivity index (χ0n) is 19.4. The summed E-state index contributed by atoms with van der Waals surface area (Å²) in [5, 5.41) is 28.8. The molecule has 0 spiro atoms. The molecule has 2 amide bonds. The van der Waals surface area contributed by atoms with Crippen LogP contribution in [0.25, 0.3) is 0 Å². The monoisotopic (exact) mass is 555 g/mol. The van der Waals surface area contributed by atoms with Crippen LogP contribution in [0.3, 0.4) is 0 Å². The van der Waals surface area contributed by atoms with Crippen LogP contribution in [0.15, 0.2) is 36.4 Å².